The lowest BCUT2D eigenvalue weighted by Crippen LogP contribution is -2.37. The largest absolute Gasteiger partial charge is 0.444 e. The fraction of sp³-hybridized carbons (Fsp3) is 0.214. The maximum absolute atomic E-state index is 12.0. The second kappa shape index (κ2) is 6.91. The van der Waals surface area contributed by atoms with Gasteiger partial charge in [-0.05, 0) is 40.0 Å². The van der Waals surface area contributed by atoms with Crippen molar-refractivity contribution >= 4 is 37.8 Å². The highest BCUT2D eigenvalue weighted by Crippen LogP contribution is 2.14. The fourth-order valence-corrected chi connectivity index (χ4v) is 2.43. The Balaban J connectivity index is 1.97. The van der Waals surface area contributed by atoms with Crippen LogP contribution in [0.15, 0.2) is 51.6 Å². The lowest BCUT2D eigenvalue weighted by Gasteiger charge is -2.15. The highest BCUT2D eigenvalue weighted by molar-refractivity contribution is 9.10. The molecule has 1 heterocycles. The van der Waals surface area contributed by atoms with Gasteiger partial charge in [0.15, 0.2) is 10.4 Å². The van der Waals surface area contributed by atoms with E-state index in [2.05, 4.69) is 37.2 Å². The van der Waals surface area contributed by atoms with E-state index in [1.54, 1.807) is 12.1 Å². The summed E-state index contributed by atoms with van der Waals surface area (Å²) in [6, 6.07) is 13.4. The number of halogens is 2. The summed E-state index contributed by atoms with van der Waals surface area (Å²) < 4.78 is 5.78. The van der Waals surface area contributed by atoms with Gasteiger partial charge in [0.2, 0.25) is 0 Å². The summed E-state index contributed by atoms with van der Waals surface area (Å²) in [6.07, 6.45) is 0.777. The molecule has 3 nitrogen and oxygen atoms in total. The summed E-state index contributed by atoms with van der Waals surface area (Å²) in [5.74, 6) is 0.108. The first kappa shape index (κ1) is 14.3. The number of benzene rings is 1. The van der Waals surface area contributed by atoms with Crippen LogP contribution in [0.1, 0.15) is 16.1 Å². The van der Waals surface area contributed by atoms with Gasteiger partial charge in [-0.1, -0.05) is 46.3 Å². The zero-order valence-corrected chi connectivity index (χ0v) is 13.3. The van der Waals surface area contributed by atoms with Gasteiger partial charge in [-0.3, -0.25) is 4.79 Å². The molecule has 1 amide bonds. The average Bonchev–Trinajstić information content (AvgIpc) is 2.86. The summed E-state index contributed by atoms with van der Waals surface area (Å²) in [5, 5.41) is 3.63. The predicted octanol–water partition coefficient (Wildman–Crippen LogP) is 3.78. The van der Waals surface area contributed by atoms with Crippen molar-refractivity contribution in [2.45, 2.75) is 12.5 Å². The van der Waals surface area contributed by atoms with Crippen LogP contribution in [0.4, 0.5) is 0 Å². The number of furan rings is 1. The number of nitrogens with one attached hydrogen (secondary N) is 1. The van der Waals surface area contributed by atoms with Crippen molar-refractivity contribution in [3.63, 3.8) is 0 Å². The Hall–Kier alpha value is -1.07. The molecular weight excluding hydrogens is 374 g/mol. The zero-order chi connectivity index (χ0) is 13.7. The summed E-state index contributed by atoms with van der Waals surface area (Å²) >= 11 is 6.61. The lowest BCUT2D eigenvalue weighted by atomic mass is 10.1. The molecule has 1 aromatic heterocycles. The maximum atomic E-state index is 12.0. The van der Waals surface area contributed by atoms with E-state index in [9.17, 15) is 4.79 Å². The highest BCUT2D eigenvalue weighted by atomic mass is 79.9. The fourth-order valence-electron chi connectivity index (χ4n) is 1.74. The van der Waals surface area contributed by atoms with Crippen LogP contribution in [-0.2, 0) is 6.42 Å². The SMILES string of the molecule is O=C(NC(CBr)Cc1ccccc1)c1ccc(Br)o1. The molecule has 2 aromatic rings. The Kier molecular flexibility index (Phi) is 5.22. The average molecular weight is 387 g/mol. The Bertz CT molecular complexity index is 539. The van der Waals surface area contributed by atoms with Gasteiger partial charge < -0.3 is 9.73 Å². The summed E-state index contributed by atoms with van der Waals surface area (Å²) in [5.41, 5.74) is 1.19. The molecule has 0 aliphatic heterocycles. The molecule has 0 saturated carbocycles. The molecule has 0 saturated heterocycles. The number of hydrogen-bond acceptors (Lipinski definition) is 2. The number of amides is 1. The number of hydrogen-bond donors (Lipinski definition) is 1. The molecule has 0 fully saturated rings. The molecule has 0 bridgehead atoms. The predicted molar refractivity (Wildman–Crippen MR) is 81.6 cm³/mol. The Morgan fingerprint density at radius 1 is 1.21 bits per heavy atom. The van der Waals surface area contributed by atoms with Gasteiger partial charge in [0.25, 0.3) is 5.91 Å². The molecule has 0 aliphatic rings. The van der Waals surface area contributed by atoms with E-state index in [1.165, 1.54) is 5.56 Å². The van der Waals surface area contributed by atoms with E-state index in [0.29, 0.717) is 15.8 Å². The first-order valence-corrected chi connectivity index (χ1v) is 7.76. The Morgan fingerprint density at radius 3 is 2.53 bits per heavy atom. The van der Waals surface area contributed by atoms with E-state index in [4.69, 9.17) is 4.42 Å². The van der Waals surface area contributed by atoms with Crippen LogP contribution >= 0.6 is 31.9 Å². The monoisotopic (exact) mass is 385 g/mol. The minimum atomic E-state index is -0.203. The van der Waals surface area contributed by atoms with Gasteiger partial charge in [-0.2, -0.15) is 0 Å². The van der Waals surface area contributed by atoms with E-state index >= 15 is 0 Å². The molecule has 100 valence electrons. The van der Waals surface area contributed by atoms with Gasteiger partial charge in [0.1, 0.15) is 0 Å². The number of alkyl halides is 1. The minimum Gasteiger partial charge on any atom is -0.444 e. The Labute approximate surface area is 128 Å². The van der Waals surface area contributed by atoms with Crippen molar-refractivity contribution in [1.82, 2.24) is 5.32 Å². The van der Waals surface area contributed by atoms with Crippen LogP contribution in [-0.4, -0.2) is 17.3 Å². The van der Waals surface area contributed by atoms with Crippen molar-refractivity contribution in [2.24, 2.45) is 0 Å². The van der Waals surface area contributed by atoms with E-state index in [-0.39, 0.29) is 11.9 Å². The topological polar surface area (TPSA) is 42.2 Å². The molecule has 1 atom stereocenters. The number of carbonyl (C=O) groups is 1. The van der Waals surface area contributed by atoms with Crippen molar-refractivity contribution in [3.8, 4) is 0 Å². The third-order valence-electron chi connectivity index (χ3n) is 2.64. The van der Waals surface area contributed by atoms with E-state index < -0.39 is 0 Å². The summed E-state index contributed by atoms with van der Waals surface area (Å²) in [6.45, 7) is 0. The van der Waals surface area contributed by atoms with Gasteiger partial charge in [0.05, 0.1) is 0 Å². The molecule has 0 aliphatic carbocycles. The molecule has 0 radical (unpaired) electrons. The first-order chi connectivity index (χ1) is 9.19. The second-order valence-corrected chi connectivity index (χ2v) is 5.55. The van der Waals surface area contributed by atoms with Gasteiger partial charge in [0, 0.05) is 11.4 Å². The number of carbonyl (C=O) groups excluding carboxylic acids is 1. The van der Waals surface area contributed by atoms with Crippen LogP contribution in [0.5, 0.6) is 0 Å². The molecule has 1 N–H and O–H groups in total. The smallest absolute Gasteiger partial charge is 0.287 e. The lowest BCUT2D eigenvalue weighted by molar-refractivity contribution is 0.0911. The highest BCUT2D eigenvalue weighted by Gasteiger charge is 2.15. The minimum absolute atomic E-state index is 0.0266. The van der Waals surface area contributed by atoms with Gasteiger partial charge >= 0.3 is 0 Å². The molecular formula is C14H13Br2NO2. The first-order valence-electron chi connectivity index (χ1n) is 5.85. The molecule has 0 spiro atoms. The number of rotatable bonds is 5. The van der Waals surface area contributed by atoms with Crippen LogP contribution in [0.25, 0.3) is 0 Å². The molecule has 2 rings (SSSR count). The Morgan fingerprint density at radius 2 is 1.95 bits per heavy atom. The van der Waals surface area contributed by atoms with Crippen LogP contribution in [0.3, 0.4) is 0 Å². The summed E-state index contributed by atoms with van der Waals surface area (Å²) in [4.78, 5) is 12.0. The summed E-state index contributed by atoms with van der Waals surface area (Å²) in [7, 11) is 0. The zero-order valence-electron chi connectivity index (χ0n) is 10.1. The van der Waals surface area contributed by atoms with Crippen molar-refractivity contribution in [1.29, 1.82) is 0 Å². The van der Waals surface area contributed by atoms with Crippen LogP contribution in [0, 0.1) is 0 Å². The quantitative estimate of drug-likeness (QED) is 0.794. The van der Waals surface area contributed by atoms with Crippen LogP contribution in [0.2, 0.25) is 0 Å². The van der Waals surface area contributed by atoms with Gasteiger partial charge in [-0.25, -0.2) is 0 Å². The third kappa shape index (κ3) is 4.21. The van der Waals surface area contributed by atoms with Crippen molar-refractivity contribution < 1.29 is 9.21 Å². The molecule has 1 unspecified atom stereocenters. The normalized spacial score (nSPS) is 12.1. The van der Waals surface area contributed by atoms with Crippen molar-refractivity contribution in [3.05, 3.63) is 58.5 Å². The molecule has 5 heteroatoms. The van der Waals surface area contributed by atoms with Gasteiger partial charge in [-0.15, -0.1) is 0 Å². The second-order valence-electron chi connectivity index (χ2n) is 4.12. The van der Waals surface area contributed by atoms with Crippen molar-refractivity contribution in [2.75, 3.05) is 5.33 Å². The van der Waals surface area contributed by atoms with Crippen LogP contribution < -0.4 is 5.32 Å². The molecule has 1 aromatic carbocycles. The van der Waals surface area contributed by atoms with E-state index in [0.717, 1.165) is 6.42 Å². The van der Waals surface area contributed by atoms with E-state index in [1.807, 2.05) is 30.3 Å². The molecule has 19 heavy (non-hydrogen) atoms. The third-order valence-corrected chi connectivity index (χ3v) is 3.85. The maximum Gasteiger partial charge on any atom is 0.287 e. The standard InChI is InChI=1S/C14H13Br2NO2/c15-9-11(8-10-4-2-1-3-5-10)17-14(18)12-6-7-13(16)19-12/h1-7,11H,8-9H2,(H,17,18).